The highest BCUT2D eigenvalue weighted by Crippen LogP contribution is 2.25. The van der Waals surface area contributed by atoms with Gasteiger partial charge in [0.25, 0.3) is 0 Å². The van der Waals surface area contributed by atoms with Gasteiger partial charge in [-0.15, -0.1) is 11.6 Å². The average Bonchev–Trinajstić information content (AvgIpc) is 2.92. The minimum Gasteiger partial charge on any atom is -0.423 e. The molecule has 0 radical (unpaired) electrons. The molecule has 1 unspecified atom stereocenters. The van der Waals surface area contributed by atoms with Gasteiger partial charge in [0, 0.05) is 0 Å². The molecule has 0 heterocycles. The molecule has 0 N–H and O–H groups in total. The molecule has 4 nitrogen and oxygen atoms in total. The third-order valence-corrected chi connectivity index (χ3v) is 7.04. The number of benzene rings is 3. The molecule has 3 aromatic carbocycles. The van der Waals surface area contributed by atoms with Crippen LogP contribution in [-0.2, 0) is 11.2 Å². The van der Waals surface area contributed by atoms with Gasteiger partial charge in [0.1, 0.15) is 11.1 Å². The normalized spacial score (nSPS) is 11.8. The zero-order valence-electron chi connectivity index (χ0n) is 22.3. The predicted octanol–water partition coefficient (Wildman–Crippen LogP) is 8.78. The van der Waals surface area contributed by atoms with Crippen LogP contribution in [0.15, 0.2) is 66.7 Å². The van der Waals surface area contributed by atoms with E-state index in [0.29, 0.717) is 5.75 Å². The highest BCUT2D eigenvalue weighted by molar-refractivity contribution is 6.30. The molecule has 3 rings (SSSR count). The molecule has 0 bridgehead atoms. The standard InChI is InChI=1S/C32H36ClFO4/c1-4-5-6-7-8-9-10-23-11-13-24(14-12-23)25-15-18-27(19-16-25)37-31(35)26-17-20-29(28(34)21-26)38-32(36)30(33)22(2)3/h11-22,30H,4-10H2,1-3H3. The molecule has 38 heavy (non-hydrogen) atoms. The number of hydrogen-bond acceptors (Lipinski definition) is 4. The monoisotopic (exact) mass is 538 g/mol. The molecule has 0 aliphatic rings. The molecule has 0 spiro atoms. The fourth-order valence-corrected chi connectivity index (χ4v) is 4.05. The smallest absolute Gasteiger partial charge is 0.343 e. The van der Waals surface area contributed by atoms with Crippen LogP contribution in [-0.4, -0.2) is 17.3 Å². The van der Waals surface area contributed by atoms with Gasteiger partial charge in [-0.3, -0.25) is 4.79 Å². The van der Waals surface area contributed by atoms with Crippen molar-refractivity contribution < 1.29 is 23.5 Å². The Balaban J connectivity index is 1.54. The Morgan fingerprint density at radius 2 is 1.42 bits per heavy atom. The molecular formula is C32H36ClFO4. The van der Waals surface area contributed by atoms with Crippen LogP contribution >= 0.6 is 11.6 Å². The van der Waals surface area contributed by atoms with Crippen LogP contribution < -0.4 is 9.47 Å². The van der Waals surface area contributed by atoms with Crippen LogP contribution in [0, 0.1) is 11.7 Å². The van der Waals surface area contributed by atoms with Crippen LogP contribution in [0.2, 0.25) is 0 Å². The number of carbonyl (C=O) groups excluding carboxylic acids is 2. The molecule has 0 amide bonds. The largest absolute Gasteiger partial charge is 0.423 e. The van der Waals surface area contributed by atoms with Gasteiger partial charge in [0.05, 0.1) is 5.56 Å². The van der Waals surface area contributed by atoms with Gasteiger partial charge >= 0.3 is 11.9 Å². The quantitative estimate of drug-likeness (QED) is 0.0944. The first kappa shape index (κ1) is 29.4. The van der Waals surface area contributed by atoms with Gasteiger partial charge in [-0.2, -0.15) is 0 Å². The number of hydrogen-bond donors (Lipinski definition) is 0. The first-order valence-corrected chi connectivity index (χ1v) is 13.8. The second-order valence-electron chi connectivity index (χ2n) is 9.84. The summed E-state index contributed by atoms with van der Waals surface area (Å²) in [7, 11) is 0. The zero-order chi connectivity index (χ0) is 27.5. The minimum atomic E-state index is -0.898. The molecule has 3 aromatic rings. The molecule has 0 saturated heterocycles. The Hall–Kier alpha value is -3.18. The number of aryl methyl sites for hydroxylation is 1. The number of ether oxygens (including phenoxy) is 2. The molecular weight excluding hydrogens is 503 g/mol. The van der Waals surface area contributed by atoms with Crippen molar-refractivity contribution in [2.24, 2.45) is 5.92 Å². The third-order valence-electron chi connectivity index (χ3n) is 6.36. The van der Waals surface area contributed by atoms with Gasteiger partial charge in [-0.1, -0.05) is 89.3 Å². The maximum Gasteiger partial charge on any atom is 0.343 e. The number of esters is 2. The summed E-state index contributed by atoms with van der Waals surface area (Å²) in [6, 6.07) is 19.3. The molecule has 0 fully saturated rings. The van der Waals surface area contributed by atoms with E-state index in [1.54, 1.807) is 26.0 Å². The first-order chi connectivity index (χ1) is 18.3. The van der Waals surface area contributed by atoms with Gasteiger partial charge in [-0.25, -0.2) is 9.18 Å². The fraction of sp³-hybridized carbons (Fsp3) is 0.375. The number of alkyl halides is 1. The maximum absolute atomic E-state index is 14.4. The van der Waals surface area contributed by atoms with Gasteiger partial charge in [0.2, 0.25) is 0 Å². The molecule has 0 aliphatic heterocycles. The summed E-state index contributed by atoms with van der Waals surface area (Å²) >= 11 is 5.96. The second kappa shape index (κ2) is 14.7. The number of unbranched alkanes of at least 4 members (excludes halogenated alkanes) is 5. The van der Waals surface area contributed by atoms with Crippen LogP contribution in [0.1, 0.15) is 75.2 Å². The molecule has 0 aromatic heterocycles. The number of carbonyl (C=O) groups is 2. The van der Waals surface area contributed by atoms with Crippen molar-refractivity contribution >= 4 is 23.5 Å². The van der Waals surface area contributed by atoms with Crippen molar-refractivity contribution in [3.05, 3.63) is 83.7 Å². The third kappa shape index (κ3) is 8.70. The summed E-state index contributed by atoms with van der Waals surface area (Å²) in [4.78, 5) is 24.5. The van der Waals surface area contributed by atoms with E-state index >= 15 is 0 Å². The maximum atomic E-state index is 14.4. The van der Waals surface area contributed by atoms with E-state index in [1.165, 1.54) is 56.2 Å². The Morgan fingerprint density at radius 3 is 2.03 bits per heavy atom. The van der Waals surface area contributed by atoms with Crippen LogP contribution in [0.25, 0.3) is 11.1 Å². The van der Waals surface area contributed by atoms with Crippen LogP contribution in [0.3, 0.4) is 0 Å². The van der Waals surface area contributed by atoms with Crippen molar-refractivity contribution in [3.8, 4) is 22.6 Å². The molecule has 0 aliphatic carbocycles. The Kier molecular flexibility index (Phi) is 11.3. The number of halogens is 2. The van der Waals surface area contributed by atoms with E-state index in [4.69, 9.17) is 21.1 Å². The van der Waals surface area contributed by atoms with E-state index in [9.17, 15) is 14.0 Å². The van der Waals surface area contributed by atoms with Crippen molar-refractivity contribution in [2.45, 2.75) is 71.1 Å². The summed E-state index contributed by atoms with van der Waals surface area (Å²) in [5, 5.41) is -0.898. The van der Waals surface area contributed by atoms with E-state index in [2.05, 4.69) is 31.2 Å². The second-order valence-corrected chi connectivity index (χ2v) is 10.3. The average molecular weight is 539 g/mol. The Labute approximate surface area is 230 Å². The van der Waals surface area contributed by atoms with Crippen molar-refractivity contribution in [2.75, 3.05) is 0 Å². The van der Waals surface area contributed by atoms with Crippen molar-refractivity contribution in [3.63, 3.8) is 0 Å². The lowest BCUT2D eigenvalue weighted by Crippen LogP contribution is -2.25. The van der Waals surface area contributed by atoms with Gasteiger partial charge in [0.15, 0.2) is 11.6 Å². The van der Waals surface area contributed by atoms with Crippen LogP contribution in [0.4, 0.5) is 4.39 Å². The van der Waals surface area contributed by atoms with E-state index < -0.39 is 23.1 Å². The van der Waals surface area contributed by atoms with Crippen molar-refractivity contribution in [1.82, 2.24) is 0 Å². The summed E-state index contributed by atoms with van der Waals surface area (Å²) in [5.41, 5.74) is 3.43. The minimum absolute atomic E-state index is 0.00129. The van der Waals surface area contributed by atoms with Crippen LogP contribution in [0.5, 0.6) is 11.5 Å². The first-order valence-electron chi connectivity index (χ1n) is 13.4. The SMILES string of the molecule is CCCCCCCCc1ccc(-c2ccc(OC(=O)c3ccc(OC(=O)C(Cl)C(C)C)c(F)c3)cc2)cc1. The van der Waals surface area contributed by atoms with E-state index in [-0.39, 0.29) is 17.2 Å². The number of rotatable bonds is 13. The molecule has 202 valence electrons. The lowest BCUT2D eigenvalue weighted by Gasteiger charge is -2.13. The Bertz CT molecular complexity index is 1190. The Morgan fingerprint density at radius 1 is 0.816 bits per heavy atom. The summed E-state index contributed by atoms with van der Waals surface area (Å²) < 4.78 is 24.9. The summed E-state index contributed by atoms with van der Waals surface area (Å²) in [6.45, 7) is 5.75. The van der Waals surface area contributed by atoms with E-state index in [0.717, 1.165) is 23.6 Å². The highest BCUT2D eigenvalue weighted by atomic mass is 35.5. The molecule has 0 saturated carbocycles. The van der Waals surface area contributed by atoms with Gasteiger partial charge in [-0.05, 0) is 65.8 Å². The van der Waals surface area contributed by atoms with E-state index in [1.807, 2.05) is 12.1 Å². The van der Waals surface area contributed by atoms with Crippen molar-refractivity contribution in [1.29, 1.82) is 0 Å². The molecule has 6 heteroatoms. The zero-order valence-corrected chi connectivity index (χ0v) is 23.1. The topological polar surface area (TPSA) is 52.6 Å². The summed E-state index contributed by atoms with van der Waals surface area (Å²) in [6.07, 6.45) is 8.82. The summed E-state index contributed by atoms with van der Waals surface area (Å²) in [5.74, 6) is -2.43. The predicted molar refractivity (Wildman–Crippen MR) is 150 cm³/mol. The van der Waals surface area contributed by atoms with Gasteiger partial charge < -0.3 is 9.47 Å². The lowest BCUT2D eigenvalue weighted by atomic mass is 10.0. The molecule has 1 atom stereocenters. The lowest BCUT2D eigenvalue weighted by molar-refractivity contribution is -0.134. The highest BCUT2D eigenvalue weighted by Gasteiger charge is 2.23. The fourth-order valence-electron chi connectivity index (χ4n) is 4.00.